The Kier molecular flexibility index (Phi) is 5.24. The Bertz CT molecular complexity index is 948. The van der Waals surface area contributed by atoms with Crippen molar-refractivity contribution in [2.24, 2.45) is 5.10 Å². The van der Waals surface area contributed by atoms with Crippen LogP contribution in [-0.4, -0.2) is 24.3 Å². The minimum absolute atomic E-state index is 0.0873. The number of rotatable bonds is 5. The molecule has 0 saturated carbocycles. The van der Waals surface area contributed by atoms with Gasteiger partial charge in [0.15, 0.2) is 0 Å². The van der Waals surface area contributed by atoms with Gasteiger partial charge < -0.3 is 14.3 Å². The molecule has 132 valence electrons. The van der Waals surface area contributed by atoms with Crippen molar-refractivity contribution in [3.8, 4) is 22.8 Å². The molecule has 0 spiro atoms. The first kappa shape index (κ1) is 17.6. The first-order valence-corrected chi connectivity index (χ1v) is 8.01. The molecule has 1 amide bonds. The van der Waals surface area contributed by atoms with Gasteiger partial charge in [0, 0.05) is 16.7 Å². The molecule has 0 fully saturated rings. The fraction of sp³-hybridized carbons (Fsp3) is 0.0526. The zero-order valence-electron chi connectivity index (χ0n) is 13.8. The monoisotopic (exact) mass is 370 g/mol. The molecule has 26 heavy (non-hydrogen) atoms. The summed E-state index contributed by atoms with van der Waals surface area (Å²) in [6.45, 7) is 0. The van der Waals surface area contributed by atoms with Gasteiger partial charge in [-0.3, -0.25) is 4.79 Å². The smallest absolute Gasteiger partial charge is 0.275 e. The van der Waals surface area contributed by atoms with E-state index in [1.165, 1.54) is 25.5 Å². The highest BCUT2D eigenvalue weighted by atomic mass is 35.5. The molecule has 0 aliphatic rings. The second kappa shape index (κ2) is 7.76. The number of carbonyl (C=O) groups excluding carboxylic acids is 1. The summed E-state index contributed by atoms with van der Waals surface area (Å²) in [4.78, 5) is 12.0. The number of nitrogens with zero attached hydrogens (tertiary/aromatic N) is 1. The maximum absolute atomic E-state index is 12.0. The largest absolute Gasteiger partial charge is 0.507 e. The van der Waals surface area contributed by atoms with Crippen LogP contribution in [0.2, 0.25) is 5.02 Å². The van der Waals surface area contributed by atoms with Crippen molar-refractivity contribution < 1.29 is 19.1 Å². The number of ether oxygens (including phenoxy) is 1. The van der Waals surface area contributed by atoms with Crippen LogP contribution < -0.4 is 10.2 Å². The number of methoxy groups -OCH3 is 1. The third kappa shape index (κ3) is 4.04. The molecule has 3 rings (SSSR count). The Hall–Kier alpha value is -3.25. The molecule has 0 radical (unpaired) electrons. The van der Waals surface area contributed by atoms with Crippen LogP contribution in [0.5, 0.6) is 11.5 Å². The number of nitrogens with one attached hydrogen (secondary N) is 1. The summed E-state index contributed by atoms with van der Waals surface area (Å²) in [5.41, 5.74) is 3.30. The first-order chi connectivity index (χ1) is 12.6. The molecular formula is C19H15ClN2O4. The molecule has 6 nitrogen and oxygen atoms in total. The number of carbonyl (C=O) groups is 1. The van der Waals surface area contributed by atoms with Gasteiger partial charge in [0.05, 0.1) is 18.9 Å². The zero-order chi connectivity index (χ0) is 18.5. The normalized spacial score (nSPS) is 10.8. The van der Waals surface area contributed by atoms with Gasteiger partial charge in [0.1, 0.15) is 23.0 Å². The summed E-state index contributed by atoms with van der Waals surface area (Å²) in [5, 5.41) is 14.3. The van der Waals surface area contributed by atoms with Gasteiger partial charge in [-0.15, -0.1) is 0 Å². The Morgan fingerprint density at radius 3 is 2.65 bits per heavy atom. The topological polar surface area (TPSA) is 84.1 Å². The summed E-state index contributed by atoms with van der Waals surface area (Å²) < 4.78 is 10.6. The third-order valence-corrected chi connectivity index (χ3v) is 3.81. The minimum atomic E-state index is -0.550. The lowest BCUT2D eigenvalue weighted by molar-refractivity contribution is 0.0952. The second-order valence-electron chi connectivity index (χ2n) is 5.29. The summed E-state index contributed by atoms with van der Waals surface area (Å²) >= 11 is 5.86. The molecule has 1 heterocycles. The van der Waals surface area contributed by atoms with E-state index in [-0.39, 0.29) is 11.3 Å². The average molecular weight is 371 g/mol. The maximum atomic E-state index is 12.0. The highest BCUT2D eigenvalue weighted by molar-refractivity contribution is 6.30. The standard InChI is InChI=1S/C19H15ClN2O4/c1-25-14-6-8-16(17(23)10-14)19(24)22-21-11-15-7-9-18(26-15)12-2-4-13(20)5-3-12/h2-11,23H,1H3,(H,22,24)/b21-11-. The number of hydrogen-bond acceptors (Lipinski definition) is 5. The summed E-state index contributed by atoms with van der Waals surface area (Å²) in [7, 11) is 1.47. The number of halogens is 1. The first-order valence-electron chi connectivity index (χ1n) is 7.63. The van der Waals surface area contributed by atoms with Crippen LogP contribution in [0, 0.1) is 0 Å². The number of furan rings is 1. The van der Waals surface area contributed by atoms with Gasteiger partial charge in [-0.25, -0.2) is 5.43 Å². The maximum Gasteiger partial charge on any atom is 0.275 e. The summed E-state index contributed by atoms with van der Waals surface area (Å²) in [5.74, 6) is 0.829. The van der Waals surface area contributed by atoms with Gasteiger partial charge in [0.25, 0.3) is 5.91 Å². The molecule has 0 bridgehead atoms. The van der Waals surface area contributed by atoms with Crippen molar-refractivity contribution >= 4 is 23.7 Å². The molecule has 0 saturated heterocycles. The van der Waals surface area contributed by atoms with Crippen LogP contribution in [0.1, 0.15) is 16.1 Å². The van der Waals surface area contributed by atoms with Crippen LogP contribution >= 0.6 is 11.6 Å². The van der Waals surface area contributed by atoms with Crippen LogP contribution in [0.25, 0.3) is 11.3 Å². The number of amides is 1. The van der Waals surface area contributed by atoms with Crippen molar-refractivity contribution in [1.29, 1.82) is 0 Å². The number of phenolic OH excluding ortho intramolecular Hbond substituents is 1. The van der Waals surface area contributed by atoms with Gasteiger partial charge in [-0.05, 0) is 48.5 Å². The molecule has 3 aromatic rings. The van der Waals surface area contributed by atoms with Crippen molar-refractivity contribution in [2.75, 3.05) is 7.11 Å². The van der Waals surface area contributed by atoms with E-state index >= 15 is 0 Å². The van der Waals surface area contributed by atoms with Gasteiger partial charge in [-0.1, -0.05) is 11.6 Å². The number of aromatic hydroxyl groups is 1. The van der Waals surface area contributed by atoms with Crippen molar-refractivity contribution in [1.82, 2.24) is 5.43 Å². The van der Waals surface area contributed by atoms with Gasteiger partial charge >= 0.3 is 0 Å². The molecule has 0 aliphatic heterocycles. The van der Waals surface area contributed by atoms with Crippen LogP contribution in [0.3, 0.4) is 0 Å². The molecule has 1 aromatic heterocycles. The van der Waals surface area contributed by atoms with E-state index in [1.807, 2.05) is 12.1 Å². The number of hydrogen-bond donors (Lipinski definition) is 2. The lowest BCUT2D eigenvalue weighted by Gasteiger charge is -2.05. The molecule has 2 N–H and O–H groups in total. The Balaban J connectivity index is 1.65. The molecule has 0 aliphatic carbocycles. The number of benzene rings is 2. The Labute approximate surface area is 154 Å². The molecule has 0 atom stereocenters. The molecule has 7 heteroatoms. The second-order valence-corrected chi connectivity index (χ2v) is 5.73. The van der Waals surface area contributed by atoms with E-state index in [1.54, 1.807) is 30.3 Å². The molecule has 0 unspecified atom stereocenters. The van der Waals surface area contributed by atoms with Gasteiger partial charge in [-0.2, -0.15) is 5.10 Å². The summed E-state index contributed by atoms with van der Waals surface area (Å²) in [6.07, 6.45) is 1.37. The van der Waals surface area contributed by atoms with Crippen LogP contribution in [0.15, 0.2) is 64.1 Å². The molecular weight excluding hydrogens is 356 g/mol. The van der Waals surface area contributed by atoms with E-state index in [0.717, 1.165) is 5.56 Å². The Morgan fingerprint density at radius 2 is 1.96 bits per heavy atom. The van der Waals surface area contributed by atoms with Gasteiger partial charge in [0.2, 0.25) is 0 Å². The number of hydrazone groups is 1. The number of phenols is 1. The highest BCUT2D eigenvalue weighted by Crippen LogP contribution is 2.24. The fourth-order valence-corrected chi connectivity index (χ4v) is 2.36. The lowest BCUT2D eigenvalue weighted by atomic mass is 10.2. The van der Waals surface area contributed by atoms with E-state index in [0.29, 0.717) is 22.3 Å². The molecule has 2 aromatic carbocycles. The minimum Gasteiger partial charge on any atom is -0.507 e. The van der Waals surface area contributed by atoms with Crippen molar-refractivity contribution in [3.63, 3.8) is 0 Å². The van der Waals surface area contributed by atoms with E-state index in [2.05, 4.69) is 10.5 Å². The third-order valence-electron chi connectivity index (χ3n) is 3.56. The van der Waals surface area contributed by atoms with Crippen LogP contribution in [-0.2, 0) is 0 Å². The van der Waals surface area contributed by atoms with E-state index in [4.69, 9.17) is 20.8 Å². The van der Waals surface area contributed by atoms with Crippen molar-refractivity contribution in [2.45, 2.75) is 0 Å². The average Bonchev–Trinajstić information content (AvgIpc) is 3.11. The summed E-state index contributed by atoms with van der Waals surface area (Å²) in [6, 6.07) is 15.1. The predicted octanol–water partition coefficient (Wildman–Crippen LogP) is 4.08. The van der Waals surface area contributed by atoms with E-state index < -0.39 is 5.91 Å². The fourth-order valence-electron chi connectivity index (χ4n) is 2.24. The quantitative estimate of drug-likeness (QED) is 0.523. The SMILES string of the molecule is COc1ccc(C(=O)N/N=C\c2ccc(-c3ccc(Cl)cc3)o2)c(O)c1. The Morgan fingerprint density at radius 1 is 1.19 bits per heavy atom. The van der Waals surface area contributed by atoms with Crippen LogP contribution in [0.4, 0.5) is 0 Å². The van der Waals surface area contributed by atoms with E-state index in [9.17, 15) is 9.90 Å². The van der Waals surface area contributed by atoms with Crippen molar-refractivity contribution in [3.05, 3.63) is 70.9 Å². The highest BCUT2D eigenvalue weighted by Gasteiger charge is 2.11. The zero-order valence-corrected chi connectivity index (χ0v) is 14.5. The predicted molar refractivity (Wildman–Crippen MR) is 98.9 cm³/mol. The lowest BCUT2D eigenvalue weighted by Crippen LogP contribution is -2.17.